The zero-order chi connectivity index (χ0) is 10.8. The molecule has 3 nitrogen and oxygen atoms in total. The number of rotatable bonds is 1. The van der Waals surface area contributed by atoms with Crippen LogP contribution < -0.4 is 4.90 Å². The summed E-state index contributed by atoms with van der Waals surface area (Å²) in [4.78, 5) is 17.9. The van der Waals surface area contributed by atoms with Crippen LogP contribution in [0.5, 0.6) is 0 Å². The maximum atomic E-state index is 11.4. The molecule has 1 unspecified atom stereocenters. The molecule has 0 bridgehead atoms. The topological polar surface area (TPSA) is 33.2 Å². The number of anilines is 1. The normalized spacial score (nSPS) is 21.9. The minimum Gasteiger partial charge on any atom is -0.369 e. The number of piperidine rings is 1. The van der Waals surface area contributed by atoms with Crippen molar-refractivity contribution in [2.75, 3.05) is 18.0 Å². The van der Waals surface area contributed by atoms with Crippen molar-refractivity contribution < 1.29 is 4.79 Å². The SMILES string of the molecule is Cc1ccc(N2CCC(=O)C(C)C2)cn1. The highest BCUT2D eigenvalue weighted by atomic mass is 16.1. The van der Waals surface area contributed by atoms with E-state index in [-0.39, 0.29) is 5.92 Å². The molecule has 2 heterocycles. The van der Waals surface area contributed by atoms with Gasteiger partial charge in [-0.2, -0.15) is 0 Å². The zero-order valence-corrected chi connectivity index (χ0v) is 9.23. The standard InChI is InChI=1S/C12H16N2O/c1-9-8-14(6-5-12(9)15)11-4-3-10(2)13-7-11/h3-4,7,9H,5-6,8H2,1-2H3. The highest BCUT2D eigenvalue weighted by Gasteiger charge is 2.23. The molecule has 0 aliphatic carbocycles. The van der Waals surface area contributed by atoms with Crippen LogP contribution in [0.2, 0.25) is 0 Å². The van der Waals surface area contributed by atoms with Crippen molar-refractivity contribution in [1.29, 1.82) is 0 Å². The second-order valence-electron chi connectivity index (χ2n) is 4.22. The third kappa shape index (κ3) is 2.17. The van der Waals surface area contributed by atoms with Gasteiger partial charge in [0.05, 0.1) is 11.9 Å². The van der Waals surface area contributed by atoms with Crippen molar-refractivity contribution in [2.24, 2.45) is 5.92 Å². The van der Waals surface area contributed by atoms with Crippen molar-refractivity contribution in [3.63, 3.8) is 0 Å². The van der Waals surface area contributed by atoms with Crippen LogP contribution in [-0.2, 0) is 4.79 Å². The van der Waals surface area contributed by atoms with E-state index in [2.05, 4.69) is 16.0 Å². The van der Waals surface area contributed by atoms with E-state index < -0.39 is 0 Å². The van der Waals surface area contributed by atoms with Gasteiger partial charge in [-0.1, -0.05) is 6.92 Å². The number of ketones is 1. The molecular formula is C12H16N2O. The Labute approximate surface area is 90.1 Å². The largest absolute Gasteiger partial charge is 0.369 e. The third-order valence-corrected chi connectivity index (χ3v) is 2.93. The van der Waals surface area contributed by atoms with E-state index in [4.69, 9.17) is 0 Å². The summed E-state index contributed by atoms with van der Waals surface area (Å²) in [7, 11) is 0. The first-order chi connectivity index (χ1) is 7.16. The summed E-state index contributed by atoms with van der Waals surface area (Å²) in [6.45, 7) is 5.62. The minimum absolute atomic E-state index is 0.153. The molecule has 1 aromatic heterocycles. The number of Topliss-reactive ketones (excluding diaryl/α,β-unsaturated/α-hetero) is 1. The van der Waals surface area contributed by atoms with E-state index in [0.29, 0.717) is 12.2 Å². The molecule has 1 saturated heterocycles. The number of hydrogen-bond acceptors (Lipinski definition) is 3. The summed E-state index contributed by atoms with van der Waals surface area (Å²) in [5.41, 5.74) is 2.15. The lowest BCUT2D eigenvalue weighted by Crippen LogP contribution is -2.39. The Hall–Kier alpha value is -1.38. The Kier molecular flexibility index (Phi) is 2.71. The molecule has 3 heteroatoms. The number of nitrogens with zero attached hydrogens (tertiary/aromatic N) is 2. The smallest absolute Gasteiger partial charge is 0.139 e. The molecule has 0 N–H and O–H groups in total. The molecule has 15 heavy (non-hydrogen) atoms. The second kappa shape index (κ2) is 4.01. The van der Waals surface area contributed by atoms with Crippen LogP contribution in [0.25, 0.3) is 0 Å². The predicted molar refractivity (Wildman–Crippen MR) is 60.0 cm³/mol. The van der Waals surface area contributed by atoms with Crippen molar-refractivity contribution in [1.82, 2.24) is 4.98 Å². The van der Waals surface area contributed by atoms with Crippen LogP contribution >= 0.6 is 0 Å². The van der Waals surface area contributed by atoms with E-state index in [1.165, 1.54) is 0 Å². The average Bonchev–Trinajstić information content (AvgIpc) is 2.23. The fraction of sp³-hybridized carbons (Fsp3) is 0.500. The summed E-state index contributed by atoms with van der Waals surface area (Å²) in [6, 6.07) is 4.08. The monoisotopic (exact) mass is 204 g/mol. The lowest BCUT2D eigenvalue weighted by atomic mass is 9.98. The van der Waals surface area contributed by atoms with Crippen molar-refractivity contribution >= 4 is 11.5 Å². The van der Waals surface area contributed by atoms with E-state index in [0.717, 1.165) is 24.5 Å². The first-order valence-corrected chi connectivity index (χ1v) is 5.37. The van der Waals surface area contributed by atoms with Gasteiger partial charge in [-0.15, -0.1) is 0 Å². The van der Waals surface area contributed by atoms with E-state index in [1.807, 2.05) is 26.1 Å². The van der Waals surface area contributed by atoms with Gasteiger partial charge in [-0.25, -0.2) is 0 Å². The molecule has 0 aromatic carbocycles. The Morgan fingerprint density at radius 1 is 1.47 bits per heavy atom. The maximum Gasteiger partial charge on any atom is 0.139 e. The molecule has 1 fully saturated rings. The van der Waals surface area contributed by atoms with Crippen LogP contribution in [0.4, 0.5) is 5.69 Å². The van der Waals surface area contributed by atoms with Gasteiger partial charge in [-0.05, 0) is 19.1 Å². The Bertz CT molecular complexity index is 358. The van der Waals surface area contributed by atoms with Crippen LogP contribution in [0.15, 0.2) is 18.3 Å². The van der Waals surface area contributed by atoms with Crippen LogP contribution in [0, 0.1) is 12.8 Å². The fourth-order valence-electron chi connectivity index (χ4n) is 1.90. The first-order valence-electron chi connectivity index (χ1n) is 5.37. The molecule has 0 radical (unpaired) electrons. The first kappa shape index (κ1) is 10.1. The number of aryl methyl sites for hydroxylation is 1. The molecule has 0 saturated carbocycles. The summed E-state index contributed by atoms with van der Waals surface area (Å²) < 4.78 is 0. The predicted octanol–water partition coefficient (Wildman–Crippen LogP) is 1.81. The van der Waals surface area contributed by atoms with Gasteiger partial charge in [0, 0.05) is 31.1 Å². The molecule has 1 atom stereocenters. The van der Waals surface area contributed by atoms with Crippen LogP contribution in [0.1, 0.15) is 19.0 Å². The summed E-state index contributed by atoms with van der Waals surface area (Å²) in [5.74, 6) is 0.534. The lowest BCUT2D eigenvalue weighted by molar-refractivity contribution is -0.122. The third-order valence-electron chi connectivity index (χ3n) is 2.93. The summed E-state index contributed by atoms with van der Waals surface area (Å²) >= 11 is 0. The highest BCUT2D eigenvalue weighted by Crippen LogP contribution is 2.20. The van der Waals surface area contributed by atoms with Crippen molar-refractivity contribution in [3.05, 3.63) is 24.0 Å². The number of carbonyl (C=O) groups excluding carboxylic acids is 1. The van der Waals surface area contributed by atoms with Crippen LogP contribution in [0.3, 0.4) is 0 Å². The number of hydrogen-bond donors (Lipinski definition) is 0. The number of pyridine rings is 1. The van der Waals surface area contributed by atoms with E-state index in [1.54, 1.807) is 0 Å². The van der Waals surface area contributed by atoms with Crippen molar-refractivity contribution in [2.45, 2.75) is 20.3 Å². The quantitative estimate of drug-likeness (QED) is 0.699. The van der Waals surface area contributed by atoms with Gasteiger partial charge < -0.3 is 4.90 Å². The molecule has 1 aromatic rings. The molecule has 80 valence electrons. The van der Waals surface area contributed by atoms with Gasteiger partial charge in [0.1, 0.15) is 5.78 Å². The van der Waals surface area contributed by atoms with Gasteiger partial charge >= 0.3 is 0 Å². The summed E-state index contributed by atoms with van der Waals surface area (Å²) in [5, 5.41) is 0. The summed E-state index contributed by atoms with van der Waals surface area (Å²) in [6.07, 6.45) is 2.55. The number of carbonyl (C=O) groups is 1. The Morgan fingerprint density at radius 3 is 2.87 bits per heavy atom. The number of aromatic nitrogens is 1. The fourth-order valence-corrected chi connectivity index (χ4v) is 1.90. The highest BCUT2D eigenvalue weighted by molar-refractivity contribution is 5.83. The zero-order valence-electron chi connectivity index (χ0n) is 9.23. The van der Waals surface area contributed by atoms with Gasteiger partial charge in [-0.3, -0.25) is 9.78 Å². The molecular weight excluding hydrogens is 188 g/mol. The molecule has 1 aliphatic heterocycles. The second-order valence-corrected chi connectivity index (χ2v) is 4.22. The molecule has 1 aliphatic rings. The molecule has 0 amide bonds. The average molecular weight is 204 g/mol. The lowest BCUT2D eigenvalue weighted by Gasteiger charge is -2.31. The van der Waals surface area contributed by atoms with E-state index >= 15 is 0 Å². The van der Waals surface area contributed by atoms with Crippen molar-refractivity contribution in [3.8, 4) is 0 Å². The molecule has 2 rings (SSSR count). The van der Waals surface area contributed by atoms with Crippen LogP contribution in [-0.4, -0.2) is 23.9 Å². The maximum absolute atomic E-state index is 11.4. The molecule has 0 spiro atoms. The van der Waals surface area contributed by atoms with E-state index in [9.17, 15) is 4.79 Å². The minimum atomic E-state index is 0.153. The van der Waals surface area contributed by atoms with Gasteiger partial charge in [0.15, 0.2) is 0 Å². The van der Waals surface area contributed by atoms with Gasteiger partial charge in [0.2, 0.25) is 0 Å². The Morgan fingerprint density at radius 2 is 2.27 bits per heavy atom. The van der Waals surface area contributed by atoms with Gasteiger partial charge in [0.25, 0.3) is 0 Å². The Balaban J connectivity index is 2.12.